The zero-order valence-corrected chi connectivity index (χ0v) is 16.4. The Morgan fingerprint density at radius 3 is 2.14 bits per heavy atom. The van der Waals surface area contributed by atoms with Crippen LogP contribution in [-0.4, -0.2) is 33.8 Å². The molecule has 1 aliphatic rings. The standard InChI is InChI=1S/C7H13O2.2C6H13.Al/c8-5-4-7-3-1-2-6-9-7;2*1-3-5-6-4-2;/h7H,1-6H2;2*1,3-6H2,2H3;/q-1;;;+1. The summed E-state index contributed by atoms with van der Waals surface area (Å²) in [6.45, 7) is 6.52. The number of hydrogen-bond acceptors (Lipinski definition) is 2. The Kier molecular flexibility index (Phi) is 14.0. The van der Waals surface area contributed by atoms with Crippen molar-refractivity contribution in [1.29, 1.82) is 0 Å². The van der Waals surface area contributed by atoms with Crippen molar-refractivity contribution < 1.29 is 8.53 Å². The molecule has 1 unspecified atom stereocenters. The quantitative estimate of drug-likeness (QED) is 0.283. The van der Waals surface area contributed by atoms with Crippen molar-refractivity contribution in [2.75, 3.05) is 13.2 Å². The van der Waals surface area contributed by atoms with Crippen LogP contribution >= 0.6 is 0 Å². The lowest BCUT2D eigenvalue weighted by atomic mass is 10.1. The molecule has 2 nitrogen and oxygen atoms in total. The predicted molar refractivity (Wildman–Crippen MR) is 97.8 cm³/mol. The number of hydrogen-bond donors (Lipinski definition) is 0. The van der Waals surface area contributed by atoms with E-state index in [9.17, 15) is 0 Å². The van der Waals surface area contributed by atoms with Crippen LogP contribution in [-0.2, 0) is 8.53 Å². The summed E-state index contributed by atoms with van der Waals surface area (Å²) in [6, 6.07) is 0. The smallest absolute Gasteiger partial charge is 0.460 e. The Hall–Kier alpha value is 0.452. The lowest BCUT2D eigenvalue weighted by Crippen LogP contribution is -2.24. The van der Waals surface area contributed by atoms with Gasteiger partial charge >= 0.3 is 14.5 Å². The highest BCUT2D eigenvalue weighted by molar-refractivity contribution is 6.51. The maximum absolute atomic E-state index is 6.36. The van der Waals surface area contributed by atoms with Crippen LogP contribution in [0.15, 0.2) is 0 Å². The normalized spacial score (nSPS) is 18.5. The van der Waals surface area contributed by atoms with Gasteiger partial charge in [0.2, 0.25) is 0 Å². The minimum atomic E-state index is -0.946. The highest BCUT2D eigenvalue weighted by atomic mass is 27.2. The van der Waals surface area contributed by atoms with Gasteiger partial charge in [0.1, 0.15) is 0 Å². The monoisotopic (exact) mass is 326 g/mol. The number of ether oxygens (including phenoxy) is 1. The molecule has 0 spiro atoms. The first-order chi connectivity index (χ1) is 10.9. The van der Waals surface area contributed by atoms with E-state index in [0.29, 0.717) is 6.10 Å². The Labute approximate surface area is 144 Å². The van der Waals surface area contributed by atoms with E-state index in [1.807, 2.05) is 0 Å². The van der Waals surface area contributed by atoms with E-state index < -0.39 is 14.5 Å². The molecule has 3 heteroatoms. The van der Waals surface area contributed by atoms with Gasteiger partial charge in [0.25, 0.3) is 0 Å². The van der Waals surface area contributed by atoms with Gasteiger partial charge in [-0.25, -0.2) is 0 Å². The number of unbranched alkanes of at least 4 members (excludes halogenated alkanes) is 6. The Morgan fingerprint density at radius 1 is 0.909 bits per heavy atom. The minimum Gasteiger partial charge on any atom is -0.501 e. The van der Waals surface area contributed by atoms with Crippen molar-refractivity contribution in [1.82, 2.24) is 0 Å². The van der Waals surface area contributed by atoms with Gasteiger partial charge in [0.05, 0.1) is 6.10 Å². The second-order valence-corrected chi connectivity index (χ2v) is 9.70. The summed E-state index contributed by atoms with van der Waals surface area (Å²) < 4.78 is 12.2. The van der Waals surface area contributed by atoms with Gasteiger partial charge in [-0.1, -0.05) is 75.8 Å². The van der Waals surface area contributed by atoms with Crippen molar-refractivity contribution in [2.24, 2.45) is 0 Å². The average Bonchev–Trinajstić information content (AvgIpc) is 2.56. The fourth-order valence-corrected chi connectivity index (χ4v) is 5.89. The molecular formula is C19H39AlO2. The molecule has 1 rings (SSSR count). The maximum atomic E-state index is 6.36. The van der Waals surface area contributed by atoms with E-state index in [1.54, 1.807) is 0 Å². The van der Waals surface area contributed by atoms with Crippen LogP contribution in [0, 0.1) is 0 Å². The minimum absolute atomic E-state index is 0.489. The first-order valence-electron chi connectivity index (χ1n) is 10.1. The van der Waals surface area contributed by atoms with E-state index in [-0.39, 0.29) is 0 Å². The van der Waals surface area contributed by atoms with Crippen molar-refractivity contribution in [3.8, 4) is 0 Å². The molecule has 0 aromatic heterocycles. The fourth-order valence-electron chi connectivity index (χ4n) is 3.31. The molecule has 130 valence electrons. The van der Waals surface area contributed by atoms with Gasteiger partial charge in [0.15, 0.2) is 0 Å². The van der Waals surface area contributed by atoms with Gasteiger partial charge in [0, 0.05) is 13.2 Å². The molecule has 0 amide bonds. The molecule has 1 aliphatic heterocycles. The third-order valence-corrected chi connectivity index (χ3v) is 7.64. The van der Waals surface area contributed by atoms with E-state index >= 15 is 0 Å². The van der Waals surface area contributed by atoms with Crippen molar-refractivity contribution in [3.05, 3.63) is 0 Å². The van der Waals surface area contributed by atoms with Gasteiger partial charge in [-0.15, -0.1) is 0 Å². The van der Waals surface area contributed by atoms with Crippen LogP contribution in [0.25, 0.3) is 0 Å². The Bertz CT molecular complexity index is 217. The molecule has 0 aromatic rings. The molecule has 1 atom stereocenters. The van der Waals surface area contributed by atoms with Crippen molar-refractivity contribution >= 4 is 14.5 Å². The summed E-state index contributed by atoms with van der Waals surface area (Å²) in [5.74, 6) is 0. The van der Waals surface area contributed by atoms with Crippen LogP contribution in [0.1, 0.15) is 90.9 Å². The molecule has 22 heavy (non-hydrogen) atoms. The summed E-state index contributed by atoms with van der Waals surface area (Å²) in [7, 11) is 0. The van der Waals surface area contributed by atoms with Gasteiger partial charge in [-0.2, -0.15) is 0 Å². The van der Waals surface area contributed by atoms with Crippen molar-refractivity contribution in [3.63, 3.8) is 0 Å². The summed E-state index contributed by atoms with van der Waals surface area (Å²) in [6.07, 6.45) is 16.6. The summed E-state index contributed by atoms with van der Waals surface area (Å²) in [5, 5.41) is 2.80. The lowest BCUT2D eigenvalue weighted by molar-refractivity contribution is 0.00377. The molecule has 0 bridgehead atoms. The van der Waals surface area contributed by atoms with E-state index in [1.165, 1.54) is 81.2 Å². The molecule has 0 aromatic carbocycles. The molecule has 1 heterocycles. The maximum Gasteiger partial charge on any atom is 0.460 e. The molecule has 0 N–H and O–H groups in total. The van der Waals surface area contributed by atoms with Gasteiger partial charge in [-0.05, 0) is 25.7 Å². The summed E-state index contributed by atoms with van der Waals surface area (Å²) in [5.41, 5.74) is 0. The van der Waals surface area contributed by atoms with E-state index in [2.05, 4.69) is 13.8 Å². The zero-order chi connectivity index (χ0) is 15.9. The fraction of sp³-hybridized carbons (Fsp3) is 1.00. The molecule has 1 saturated heterocycles. The third kappa shape index (κ3) is 11.1. The van der Waals surface area contributed by atoms with E-state index in [4.69, 9.17) is 8.53 Å². The molecule has 0 radical (unpaired) electrons. The lowest BCUT2D eigenvalue weighted by Gasteiger charge is -2.23. The zero-order valence-electron chi connectivity index (χ0n) is 15.3. The van der Waals surface area contributed by atoms with Crippen LogP contribution in [0.5, 0.6) is 0 Å². The second kappa shape index (κ2) is 15.0. The van der Waals surface area contributed by atoms with Gasteiger partial charge < -0.3 is 8.53 Å². The molecule has 0 aliphatic carbocycles. The second-order valence-electron chi connectivity index (χ2n) is 6.97. The van der Waals surface area contributed by atoms with Crippen LogP contribution in [0.2, 0.25) is 10.6 Å². The van der Waals surface area contributed by atoms with Gasteiger partial charge in [-0.3, -0.25) is 0 Å². The van der Waals surface area contributed by atoms with E-state index in [0.717, 1.165) is 19.6 Å². The molecule has 0 saturated carbocycles. The average molecular weight is 327 g/mol. The molecular weight excluding hydrogens is 287 g/mol. The largest absolute Gasteiger partial charge is 0.501 e. The number of rotatable bonds is 14. The first kappa shape index (κ1) is 20.5. The summed E-state index contributed by atoms with van der Waals surface area (Å²) in [4.78, 5) is 0. The van der Waals surface area contributed by atoms with Crippen LogP contribution < -0.4 is 0 Å². The highest BCUT2D eigenvalue weighted by Gasteiger charge is 2.21. The predicted octanol–water partition coefficient (Wildman–Crippen LogP) is 6.11. The highest BCUT2D eigenvalue weighted by Crippen LogP contribution is 2.18. The Balaban J connectivity index is 2.13. The first-order valence-corrected chi connectivity index (χ1v) is 12.2. The summed E-state index contributed by atoms with van der Waals surface area (Å²) >= 11 is -0.946. The van der Waals surface area contributed by atoms with Crippen LogP contribution in [0.3, 0.4) is 0 Å². The molecule has 1 fully saturated rings. The Morgan fingerprint density at radius 2 is 1.59 bits per heavy atom. The topological polar surface area (TPSA) is 18.5 Å². The van der Waals surface area contributed by atoms with Crippen LogP contribution in [0.4, 0.5) is 0 Å². The third-order valence-electron chi connectivity index (χ3n) is 4.83. The van der Waals surface area contributed by atoms with Crippen molar-refractivity contribution in [2.45, 2.75) is 108 Å². The SMILES string of the molecule is CCCCC[CH2][Al]([CH2]CCCCC)[O]CCC1CCCCO1.